The Morgan fingerprint density at radius 2 is 1.83 bits per heavy atom. The van der Waals surface area contributed by atoms with Gasteiger partial charge in [-0.15, -0.1) is 0 Å². The van der Waals surface area contributed by atoms with Gasteiger partial charge >= 0.3 is 0 Å². The van der Waals surface area contributed by atoms with Crippen LogP contribution >= 0.6 is 0 Å². The molecular formula is C22H19N5O3. The van der Waals surface area contributed by atoms with Crippen molar-refractivity contribution in [3.8, 4) is 6.07 Å². The standard InChI is InChI=1S/C22H19N5O3/c1-13-7-17-19(8-14(13)2)26-18-11-20(25-3-5-30-6-4-25)21(27(28)29)10-15(18)9-16(12-23)22(26)24-17/h7-11H,3-6H2,1-2H3. The molecule has 150 valence electrons. The summed E-state index contributed by atoms with van der Waals surface area (Å²) in [4.78, 5) is 18.2. The highest BCUT2D eigenvalue weighted by atomic mass is 16.6. The molecule has 0 spiro atoms. The van der Waals surface area contributed by atoms with E-state index in [-0.39, 0.29) is 10.6 Å². The Morgan fingerprint density at radius 3 is 2.53 bits per heavy atom. The lowest BCUT2D eigenvalue weighted by atomic mass is 10.1. The largest absolute Gasteiger partial charge is 0.378 e. The Labute approximate surface area is 172 Å². The second kappa shape index (κ2) is 6.68. The summed E-state index contributed by atoms with van der Waals surface area (Å²) >= 11 is 0. The molecule has 0 N–H and O–H groups in total. The SMILES string of the molecule is Cc1cc2nc3c(C#N)cc4cc([N+](=O)[O-])c(N5CCOCC5)cc4n3c2cc1C. The number of nitriles is 1. The number of aromatic nitrogens is 2. The summed E-state index contributed by atoms with van der Waals surface area (Å²) in [6, 6.07) is 11.4. The molecule has 30 heavy (non-hydrogen) atoms. The third-order valence-electron chi connectivity index (χ3n) is 5.84. The minimum atomic E-state index is -0.361. The van der Waals surface area contributed by atoms with E-state index in [1.165, 1.54) is 0 Å². The molecule has 2 aromatic carbocycles. The van der Waals surface area contributed by atoms with Gasteiger partial charge in [0.25, 0.3) is 5.69 Å². The van der Waals surface area contributed by atoms with Gasteiger partial charge in [0.15, 0.2) is 5.65 Å². The lowest BCUT2D eigenvalue weighted by molar-refractivity contribution is -0.384. The number of pyridine rings is 1. The molecular weight excluding hydrogens is 382 g/mol. The minimum Gasteiger partial charge on any atom is -0.378 e. The summed E-state index contributed by atoms with van der Waals surface area (Å²) in [6.45, 7) is 6.31. The number of rotatable bonds is 2. The molecule has 0 unspecified atom stereocenters. The number of nitro groups is 1. The van der Waals surface area contributed by atoms with Gasteiger partial charge in [-0.2, -0.15) is 5.26 Å². The van der Waals surface area contributed by atoms with Crippen LogP contribution in [0.5, 0.6) is 0 Å². The Morgan fingerprint density at radius 1 is 1.10 bits per heavy atom. The van der Waals surface area contributed by atoms with Crippen LogP contribution in [-0.2, 0) is 4.74 Å². The molecule has 0 atom stereocenters. The fourth-order valence-corrected chi connectivity index (χ4v) is 4.15. The van der Waals surface area contributed by atoms with Crippen molar-refractivity contribution < 1.29 is 9.66 Å². The molecule has 1 aliphatic rings. The smallest absolute Gasteiger partial charge is 0.293 e. The molecule has 1 fully saturated rings. The number of hydrogen-bond acceptors (Lipinski definition) is 6. The molecule has 8 nitrogen and oxygen atoms in total. The monoisotopic (exact) mass is 401 g/mol. The van der Waals surface area contributed by atoms with E-state index in [2.05, 4.69) is 12.1 Å². The van der Waals surface area contributed by atoms with Gasteiger partial charge < -0.3 is 9.64 Å². The maximum absolute atomic E-state index is 11.8. The summed E-state index contributed by atoms with van der Waals surface area (Å²) in [7, 11) is 0. The number of nitrogens with zero attached hydrogens (tertiary/aromatic N) is 5. The Balaban J connectivity index is 1.92. The number of anilines is 1. The second-order valence-electron chi connectivity index (χ2n) is 7.62. The van der Waals surface area contributed by atoms with Crippen LogP contribution in [0.1, 0.15) is 16.7 Å². The predicted octanol–water partition coefficient (Wildman–Crippen LogP) is 3.87. The van der Waals surface area contributed by atoms with Gasteiger partial charge in [0.1, 0.15) is 11.8 Å². The van der Waals surface area contributed by atoms with Gasteiger partial charge in [-0.25, -0.2) is 4.98 Å². The normalized spacial score (nSPS) is 14.5. The molecule has 0 amide bonds. The average Bonchev–Trinajstić information content (AvgIpc) is 3.11. The van der Waals surface area contributed by atoms with Crippen molar-refractivity contribution in [3.05, 3.63) is 57.1 Å². The molecule has 0 radical (unpaired) electrons. The summed E-state index contributed by atoms with van der Waals surface area (Å²) in [6.07, 6.45) is 0. The van der Waals surface area contributed by atoms with Gasteiger partial charge in [-0.05, 0) is 49.2 Å². The highest BCUT2D eigenvalue weighted by Gasteiger charge is 2.24. The maximum Gasteiger partial charge on any atom is 0.293 e. The summed E-state index contributed by atoms with van der Waals surface area (Å²) in [5.41, 5.74) is 6.27. The number of aryl methyl sites for hydroxylation is 2. The average molecular weight is 401 g/mol. The molecule has 4 aromatic rings. The number of imidazole rings is 1. The third kappa shape index (κ3) is 2.67. The third-order valence-corrected chi connectivity index (χ3v) is 5.84. The van der Waals surface area contributed by atoms with E-state index in [1.54, 1.807) is 12.1 Å². The van der Waals surface area contributed by atoms with E-state index in [1.807, 2.05) is 35.3 Å². The summed E-state index contributed by atoms with van der Waals surface area (Å²) in [5, 5.41) is 22.2. The van der Waals surface area contributed by atoms with Gasteiger partial charge in [0.05, 0.1) is 40.3 Å². The number of morpholine rings is 1. The van der Waals surface area contributed by atoms with Crippen LogP contribution < -0.4 is 4.90 Å². The maximum atomic E-state index is 11.8. The zero-order chi connectivity index (χ0) is 21.0. The van der Waals surface area contributed by atoms with Crippen LogP contribution in [0.15, 0.2) is 30.3 Å². The first kappa shape index (κ1) is 18.3. The fourth-order valence-electron chi connectivity index (χ4n) is 4.15. The second-order valence-corrected chi connectivity index (χ2v) is 7.62. The van der Waals surface area contributed by atoms with E-state index in [4.69, 9.17) is 9.72 Å². The zero-order valence-electron chi connectivity index (χ0n) is 16.7. The summed E-state index contributed by atoms with van der Waals surface area (Å²) in [5.74, 6) is 0. The highest BCUT2D eigenvalue weighted by Crippen LogP contribution is 2.36. The van der Waals surface area contributed by atoms with Crippen LogP contribution in [0.2, 0.25) is 0 Å². The number of nitro benzene ring substituents is 1. The van der Waals surface area contributed by atoms with Crippen molar-refractivity contribution in [2.24, 2.45) is 0 Å². The van der Waals surface area contributed by atoms with E-state index >= 15 is 0 Å². The summed E-state index contributed by atoms with van der Waals surface area (Å²) < 4.78 is 7.36. The molecule has 5 rings (SSSR count). The van der Waals surface area contributed by atoms with Crippen molar-refractivity contribution in [1.29, 1.82) is 5.26 Å². The van der Waals surface area contributed by atoms with Crippen molar-refractivity contribution in [3.63, 3.8) is 0 Å². The molecule has 2 aromatic heterocycles. The van der Waals surface area contributed by atoms with Crippen LogP contribution in [0.3, 0.4) is 0 Å². The lowest BCUT2D eigenvalue weighted by Crippen LogP contribution is -2.36. The Kier molecular flexibility index (Phi) is 4.08. The van der Waals surface area contributed by atoms with Crippen molar-refractivity contribution in [2.45, 2.75) is 13.8 Å². The number of fused-ring (bicyclic) bond motifs is 5. The first-order valence-electron chi connectivity index (χ1n) is 9.75. The van der Waals surface area contributed by atoms with Gasteiger partial charge in [0.2, 0.25) is 0 Å². The zero-order valence-corrected chi connectivity index (χ0v) is 16.7. The number of benzene rings is 2. The van der Waals surface area contributed by atoms with Crippen molar-refractivity contribution >= 4 is 39.0 Å². The molecule has 0 bridgehead atoms. The van der Waals surface area contributed by atoms with Crippen LogP contribution in [0, 0.1) is 35.3 Å². The van der Waals surface area contributed by atoms with E-state index in [0.717, 1.165) is 27.7 Å². The molecule has 3 heterocycles. The molecule has 0 saturated carbocycles. The minimum absolute atomic E-state index is 0.0316. The highest BCUT2D eigenvalue weighted by molar-refractivity contribution is 5.96. The van der Waals surface area contributed by atoms with Crippen LogP contribution in [0.25, 0.3) is 27.6 Å². The lowest BCUT2D eigenvalue weighted by Gasteiger charge is -2.28. The van der Waals surface area contributed by atoms with Gasteiger partial charge in [-0.3, -0.25) is 14.5 Å². The number of hydrogen-bond donors (Lipinski definition) is 0. The van der Waals surface area contributed by atoms with Crippen molar-refractivity contribution in [2.75, 3.05) is 31.2 Å². The topological polar surface area (TPSA) is 96.7 Å². The van der Waals surface area contributed by atoms with E-state index in [0.29, 0.717) is 48.6 Å². The molecule has 8 heteroatoms. The van der Waals surface area contributed by atoms with Crippen LogP contribution in [-0.4, -0.2) is 40.6 Å². The Bertz CT molecular complexity index is 1390. The molecule has 0 aliphatic carbocycles. The molecule has 1 aliphatic heterocycles. The fraction of sp³-hybridized carbons (Fsp3) is 0.273. The van der Waals surface area contributed by atoms with Gasteiger partial charge in [0, 0.05) is 24.5 Å². The first-order valence-corrected chi connectivity index (χ1v) is 9.75. The quantitative estimate of drug-likeness (QED) is 0.374. The van der Waals surface area contributed by atoms with Crippen LogP contribution in [0.4, 0.5) is 11.4 Å². The molecule has 1 saturated heterocycles. The van der Waals surface area contributed by atoms with Crippen molar-refractivity contribution in [1.82, 2.24) is 9.38 Å². The Hall–Kier alpha value is -3.70. The van der Waals surface area contributed by atoms with Gasteiger partial charge in [-0.1, -0.05) is 0 Å². The first-order chi connectivity index (χ1) is 14.5. The predicted molar refractivity (Wildman–Crippen MR) is 114 cm³/mol. The van der Waals surface area contributed by atoms with E-state index < -0.39 is 0 Å². The number of ether oxygens (including phenoxy) is 1. The van der Waals surface area contributed by atoms with E-state index in [9.17, 15) is 15.4 Å².